The summed E-state index contributed by atoms with van der Waals surface area (Å²) in [6.07, 6.45) is 4.08. The van der Waals surface area contributed by atoms with Gasteiger partial charge >= 0.3 is 0 Å². The van der Waals surface area contributed by atoms with Gasteiger partial charge in [-0.15, -0.1) is 0 Å². The Labute approximate surface area is 170 Å². The van der Waals surface area contributed by atoms with E-state index in [2.05, 4.69) is 5.32 Å². The van der Waals surface area contributed by atoms with Crippen LogP contribution in [0, 0.1) is 0 Å². The number of nitrogens with zero attached hydrogens (tertiary/aromatic N) is 1. The van der Waals surface area contributed by atoms with E-state index in [4.69, 9.17) is 0 Å². The second-order valence-electron chi connectivity index (χ2n) is 7.41. The normalized spacial score (nSPS) is 20.2. The number of carbonyl (C=O) groups is 2. The predicted octanol–water partition coefficient (Wildman–Crippen LogP) is 3.47. The second-order valence-corrected chi connectivity index (χ2v) is 9.30. The van der Waals surface area contributed by atoms with Crippen molar-refractivity contribution in [1.29, 1.82) is 0 Å². The van der Waals surface area contributed by atoms with Crippen molar-refractivity contribution in [2.45, 2.75) is 37.1 Å². The molecule has 4 rings (SSSR count). The molecular formula is C22H22N2O4S. The number of sulfonamides is 1. The van der Waals surface area contributed by atoms with Gasteiger partial charge in [-0.05, 0) is 44.0 Å². The predicted molar refractivity (Wildman–Crippen MR) is 111 cm³/mol. The van der Waals surface area contributed by atoms with Gasteiger partial charge in [0.05, 0.1) is 10.6 Å². The van der Waals surface area contributed by atoms with Crippen molar-refractivity contribution >= 4 is 33.0 Å². The highest BCUT2D eigenvalue weighted by Gasteiger charge is 2.31. The number of rotatable bonds is 4. The number of benzene rings is 2. The molecule has 0 spiro atoms. The monoisotopic (exact) mass is 410 g/mol. The van der Waals surface area contributed by atoms with Crippen LogP contribution in [0.1, 0.15) is 42.1 Å². The molecule has 29 heavy (non-hydrogen) atoms. The highest BCUT2D eigenvalue weighted by atomic mass is 32.2. The van der Waals surface area contributed by atoms with Crippen LogP contribution in [-0.4, -0.2) is 36.9 Å². The van der Waals surface area contributed by atoms with Gasteiger partial charge in [0, 0.05) is 35.5 Å². The molecule has 0 aromatic heterocycles. The summed E-state index contributed by atoms with van der Waals surface area (Å²) in [6.45, 7) is 2.49. The number of nitrogens with one attached hydrogen (secondary N) is 1. The molecule has 2 aromatic rings. The molecule has 1 heterocycles. The molecule has 0 amide bonds. The summed E-state index contributed by atoms with van der Waals surface area (Å²) in [5.41, 5.74) is 2.17. The lowest BCUT2D eigenvalue weighted by atomic mass is 9.93. The standard InChI is InChI=1S/C22H22N2O4S/c1-15-6-4-5-13-24(15)29(27,28)17-11-9-16(10-12-17)23-20-14-21(25)22(26)19-8-3-2-7-18(19)20/h2-3,7-12,14-15,23H,4-6,13H2,1H3/t15-/m0/s1. The van der Waals surface area contributed by atoms with Crippen molar-refractivity contribution < 1.29 is 18.0 Å². The molecule has 2 aromatic carbocycles. The van der Waals surface area contributed by atoms with Crippen LogP contribution in [0.2, 0.25) is 0 Å². The van der Waals surface area contributed by atoms with Gasteiger partial charge in [0.1, 0.15) is 0 Å². The van der Waals surface area contributed by atoms with Gasteiger partial charge in [0.15, 0.2) is 0 Å². The SMILES string of the molecule is C[C@H]1CCCCN1S(=O)(=O)c1ccc(NC2=CC(=O)C(=O)c3ccccc32)cc1. The summed E-state index contributed by atoms with van der Waals surface area (Å²) in [6, 6.07) is 13.4. The molecule has 0 unspecified atom stereocenters. The van der Waals surface area contributed by atoms with Crippen LogP contribution in [0.5, 0.6) is 0 Å². The Balaban J connectivity index is 1.58. The van der Waals surface area contributed by atoms with E-state index in [9.17, 15) is 18.0 Å². The Kier molecular flexibility index (Phi) is 5.10. The van der Waals surface area contributed by atoms with Crippen molar-refractivity contribution in [3.05, 3.63) is 65.7 Å². The topological polar surface area (TPSA) is 83.6 Å². The van der Waals surface area contributed by atoms with E-state index < -0.39 is 21.6 Å². The zero-order chi connectivity index (χ0) is 20.6. The minimum atomic E-state index is -3.53. The third kappa shape index (κ3) is 3.63. The molecule has 1 fully saturated rings. The zero-order valence-corrected chi connectivity index (χ0v) is 16.9. The maximum absolute atomic E-state index is 13.0. The van der Waals surface area contributed by atoms with Crippen molar-refractivity contribution in [3.8, 4) is 0 Å². The van der Waals surface area contributed by atoms with E-state index in [1.807, 2.05) is 6.92 Å². The molecule has 0 saturated carbocycles. The molecule has 1 atom stereocenters. The van der Waals surface area contributed by atoms with Gasteiger partial charge in [-0.1, -0.05) is 30.7 Å². The molecule has 150 valence electrons. The second kappa shape index (κ2) is 7.57. The van der Waals surface area contributed by atoms with Crippen LogP contribution in [0.15, 0.2) is 59.5 Å². The van der Waals surface area contributed by atoms with E-state index in [0.717, 1.165) is 19.3 Å². The molecule has 1 aliphatic heterocycles. The van der Waals surface area contributed by atoms with Gasteiger partial charge in [0.2, 0.25) is 21.6 Å². The minimum absolute atomic E-state index is 0.000929. The van der Waals surface area contributed by atoms with E-state index in [0.29, 0.717) is 29.1 Å². The minimum Gasteiger partial charge on any atom is -0.355 e. The number of allylic oxidation sites excluding steroid dienone is 1. The first kappa shape index (κ1) is 19.5. The average molecular weight is 410 g/mol. The summed E-state index contributed by atoms with van der Waals surface area (Å²) in [5, 5.41) is 3.13. The first-order chi connectivity index (χ1) is 13.9. The van der Waals surface area contributed by atoms with Gasteiger partial charge in [0.25, 0.3) is 0 Å². The Morgan fingerprint density at radius 2 is 1.66 bits per heavy atom. The van der Waals surface area contributed by atoms with Crippen LogP contribution in [-0.2, 0) is 14.8 Å². The Morgan fingerprint density at radius 3 is 2.34 bits per heavy atom. The molecule has 0 bridgehead atoms. The van der Waals surface area contributed by atoms with Gasteiger partial charge in [-0.25, -0.2) is 8.42 Å². The fraction of sp³-hybridized carbons (Fsp3) is 0.273. The molecule has 6 nitrogen and oxygen atoms in total. The Bertz CT molecular complexity index is 1100. The van der Waals surface area contributed by atoms with Crippen molar-refractivity contribution in [2.75, 3.05) is 11.9 Å². The van der Waals surface area contributed by atoms with Crippen molar-refractivity contribution in [3.63, 3.8) is 0 Å². The number of fused-ring (bicyclic) bond motifs is 1. The van der Waals surface area contributed by atoms with Crippen LogP contribution in [0.3, 0.4) is 0 Å². The smallest absolute Gasteiger partial charge is 0.243 e. The number of ketones is 2. The van der Waals surface area contributed by atoms with E-state index in [-0.39, 0.29) is 10.9 Å². The molecule has 0 radical (unpaired) electrons. The fourth-order valence-electron chi connectivity index (χ4n) is 3.86. The summed E-state index contributed by atoms with van der Waals surface area (Å²) < 4.78 is 27.5. The first-order valence-corrected chi connectivity index (χ1v) is 11.1. The lowest BCUT2D eigenvalue weighted by Gasteiger charge is -2.32. The molecular weight excluding hydrogens is 388 g/mol. The van der Waals surface area contributed by atoms with Gasteiger partial charge in [-0.3, -0.25) is 9.59 Å². The average Bonchev–Trinajstić information content (AvgIpc) is 2.72. The summed E-state index contributed by atoms with van der Waals surface area (Å²) >= 11 is 0. The number of carbonyl (C=O) groups excluding carboxylic acids is 2. The maximum atomic E-state index is 13.0. The number of Topliss-reactive ketones (excluding diaryl/α,β-unsaturated/α-hetero) is 1. The maximum Gasteiger partial charge on any atom is 0.243 e. The van der Waals surface area contributed by atoms with Gasteiger partial charge < -0.3 is 5.32 Å². The lowest BCUT2D eigenvalue weighted by Crippen LogP contribution is -2.41. The summed E-state index contributed by atoms with van der Waals surface area (Å²) in [5.74, 6) is -1.10. The highest BCUT2D eigenvalue weighted by Crippen LogP contribution is 2.29. The molecule has 7 heteroatoms. The largest absolute Gasteiger partial charge is 0.355 e. The molecule has 2 aliphatic rings. The van der Waals surface area contributed by atoms with Crippen LogP contribution in [0.4, 0.5) is 5.69 Å². The van der Waals surface area contributed by atoms with Crippen LogP contribution >= 0.6 is 0 Å². The molecule has 1 aliphatic carbocycles. The zero-order valence-electron chi connectivity index (χ0n) is 16.1. The number of piperidine rings is 1. The van der Waals surface area contributed by atoms with Gasteiger partial charge in [-0.2, -0.15) is 4.31 Å². The number of anilines is 1. The van der Waals surface area contributed by atoms with Crippen molar-refractivity contribution in [2.24, 2.45) is 0 Å². The quantitative estimate of drug-likeness (QED) is 0.781. The molecule has 1 saturated heterocycles. The third-order valence-corrected chi connectivity index (χ3v) is 7.47. The molecule has 1 N–H and O–H groups in total. The van der Waals surface area contributed by atoms with Crippen LogP contribution in [0.25, 0.3) is 5.70 Å². The highest BCUT2D eigenvalue weighted by molar-refractivity contribution is 7.89. The van der Waals surface area contributed by atoms with E-state index in [1.165, 1.54) is 6.08 Å². The lowest BCUT2D eigenvalue weighted by molar-refractivity contribution is -0.111. The first-order valence-electron chi connectivity index (χ1n) is 9.66. The van der Waals surface area contributed by atoms with E-state index in [1.54, 1.807) is 52.8 Å². The van der Waals surface area contributed by atoms with Crippen LogP contribution < -0.4 is 5.32 Å². The number of hydrogen-bond donors (Lipinski definition) is 1. The Morgan fingerprint density at radius 1 is 0.966 bits per heavy atom. The third-order valence-electron chi connectivity index (χ3n) is 5.44. The van der Waals surface area contributed by atoms with E-state index >= 15 is 0 Å². The summed E-state index contributed by atoms with van der Waals surface area (Å²) in [4.78, 5) is 24.3. The fourth-order valence-corrected chi connectivity index (χ4v) is 5.56. The summed E-state index contributed by atoms with van der Waals surface area (Å²) in [7, 11) is -3.53. The Hall–Kier alpha value is -2.77. The number of hydrogen-bond acceptors (Lipinski definition) is 5. The van der Waals surface area contributed by atoms with Crippen molar-refractivity contribution in [1.82, 2.24) is 4.31 Å².